The van der Waals surface area contributed by atoms with Crippen LogP contribution in [0.3, 0.4) is 0 Å². The molecule has 0 aliphatic carbocycles. The van der Waals surface area contributed by atoms with Gasteiger partial charge in [0.15, 0.2) is 0 Å². The molecule has 100 valence electrons. The van der Waals surface area contributed by atoms with Gasteiger partial charge < -0.3 is 10.1 Å². The normalized spacial score (nSPS) is 25.3. The Labute approximate surface area is 114 Å². The van der Waals surface area contributed by atoms with Gasteiger partial charge in [-0.05, 0) is 32.9 Å². The molecule has 3 heteroatoms. The number of nitrogens with one attached hydrogen (secondary N) is 1. The highest BCUT2D eigenvalue weighted by molar-refractivity contribution is 8.00. The Kier molecular flexibility index (Phi) is 5.10. The summed E-state index contributed by atoms with van der Waals surface area (Å²) in [5.41, 5.74) is 2.71. The van der Waals surface area contributed by atoms with E-state index in [2.05, 4.69) is 43.4 Å². The molecule has 1 N–H and O–H groups in total. The van der Waals surface area contributed by atoms with Gasteiger partial charge in [0, 0.05) is 23.7 Å². The van der Waals surface area contributed by atoms with Gasteiger partial charge in [-0.3, -0.25) is 0 Å². The number of ether oxygens (including phenoxy) is 1. The fourth-order valence-electron chi connectivity index (χ4n) is 2.38. The summed E-state index contributed by atoms with van der Waals surface area (Å²) < 4.78 is 5.61. The summed E-state index contributed by atoms with van der Waals surface area (Å²) in [5, 5.41) is 4.08. The van der Waals surface area contributed by atoms with Crippen molar-refractivity contribution < 1.29 is 4.74 Å². The van der Waals surface area contributed by atoms with Crippen LogP contribution in [-0.2, 0) is 4.74 Å². The molecule has 2 rings (SSSR count). The van der Waals surface area contributed by atoms with Crippen LogP contribution in [0.5, 0.6) is 0 Å². The van der Waals surface area contributed by atoms with Gasteiger partial charge in [-0.1, -0.05) is 29.8 Å². The van der Waals surface area contributed by atoms with Gasteiger partial charge in [-0.15, -0.1) is 0 Å². The van der Waals surface area contributed by atoms with E-state index in [1.807, 2.05) is 18.8 Å². The van der Waals surface area contributed by atoms with Crippen molar-refractivity contribution in [3.63, 3.8) is 0 Å². The lowest BCUT2D eigenvalue weighted by Crippen LogP contribution is -2.22. The van der Waals surface area contributed by atoms with E-state index < -0.39 is 0 Å². The fourth-order valence-corrected chi connectivity index (χ4v) is 3.80. The minimum Gasteiger partial charge on any atom is -0.377 e. The van der Waals surface area contributed by atoms with E-state index in [4.69, 9.17) is 4.74 Å². The molecule has 3 atom stereocenters. The molecule has 0 aromatic heterocycles. The zero-order valence-corrected chi connectivity index (χ0v) is 12.3. The van der Waals surface area contributed by atoms with Gasteiger partial charge in [0.1, 0.15) is 0 Å². The standard InChI is InChI=1S/C15H23NOS/c1-11-5-4-6-13(9-11)14(16-3)10-18-15-7-8-17-12(15)2/h4-6,9,12,14-16H,7-8,10H2,1-3H3. The summed E-state index contributed by atoms with van der Waals surface area (Å²) in [6.07, 6.45) is 1.60. The van der Waals surface area contributed by atoms with Crippen molar-refractivity contribution in [3.05, 3.63) is 35.4 Å². The maximum Gasteiger partial charge on any atom is 0.0666 e. The molecule has 0 saturated carbocycles. The molecule has 2 nitrogen and oxygen atoms in total. The molecule has 18 heavy (non-hydrogen) atoms. The lowest BCUT2D eigenvalue weighted by molar-refractivity contribution is 0.127. The average Bonchev–Trinajstić information content (AvgIpc) is 2.76. The maximum absolute atomic E-state index is 5.61. The van der Waals surface area contributed by atoms with Crippen LogP contribution in [0, 0.1) is 6.92 Å². The Balaban J connectivity index is 1.93. The molecule has 1 aromatic carbocycles. The van der Waals surface area contributed by atoms with Crippen molar-refractivity contribution in [3.8, 4) is 0 Å². The Hall–Kier alpha value is -0.510. The van der Waals surface area contributed by atoms with E-state index in [9.17, 15) is 0 Å². The van der Waals surface area contributed by atoms with Crippen LogP contribution in [0.4, 0.5) is 0 Å². The zero-order chi connectivity index (χ0) is 13.0. The molecule has 1 aliphatic rings. The van der Waals surface area contributed by atoms with Crippen molar-refractivity contribution in [2.24, 2.45) is 0 Å². The number of aryl methyl sites for hydroxylation is 1. The molecule has 1 fully saturated rings. The van der Waals surface area contributed by atoms with Gasteiger partial charge in [-0.2, -0.15) is 11.8 Å². The monoisotopic (exact) mass is 265 g/mol. The van der Waals surface area contributed by atoms with Crippen molar-refractivity contribution in [1.29, 1.82) is 0 Å². The summed E-state index contributed by atoms with van der Waals surface area (Å²) in [7, 11) is 2.04. The molecule has 1 aliphatic heterocycles. The van der Waals surface area contributed by atoms with Crippen LogP contribution in [-0.4, -0.2) is 30.8 Å². The van der Waals surface area contributed by atoms with Crippen molar-refractivity contribution >= 4 is 11.8 Å². The minimum atomic E-state index is 0.407. The summed E-state index contributed by atoms with van der Waals surface area (Å²) in [6.45, 7) is 5.26. The van der Waals surface area contributed by atoms with Crippen molar-refractivity contribution in [1.82, 2.24) is 5.32 Å². The third kappa shape index (κ3) is 3.50. The first-order chi connectivity index (χ1) is 8.70. The van der Waals surface area contributed by atoms with E-state index in [0.717, 1.165) is 12.4 Å². The lowest BCUT2D eigenvalue weighted by Gasteiger charge is -2.20. The molecule has 1 aromatic rings. The number of rotatable bonds is 5. The number of thioether (sulfide) groups is 1. The van der Waals surface area contributed by atoms with Crippen LogP contribution < -0.4 is 5.32 Å². The second-order valence-corrected chi connectivity index (χ2v) is 6.26. The van der Waals surface area contributed by atoms with E-state index in [-0.39, 0.29) is 0 Å². The first kappa shape index (κ1) is 13.9. The molecule has 0 bridgehead atoms. The third-order valence-electron chi connectivity index (χ3n) is 3.58. The first-order valence-corrected chi connectivity index (χ1v) is 7.72. The summed E-state index contributed by atoms with van der Waals surface area (Å²) >= 11 is 2.04. The van der Waals surface area contributed by atoms with Gasteiger partial charge in [0.25, 0.3) is 0 Å². The Morgan fingerprint density at radius 2 is 2.33 bits per heavy atom. The van der Waals surface area contributed by atoms with Gasteiger partial charge in [-0.25, -0.2) is 0 Å². The van der Waals surface area contributed by atoms with E-state index in [1.165, 1.54) is 17.5 Å². The molecule has 0 amide bonds. The number of hydrogen-bond acceptors (Lipinski definition) is 3. The molecule has 1 saturated heterocycles. The van der Waals surface area contributed by atoms with E-state index in [0.29, 0.717) is 17.4 Å². The quantitative estimate of drug-likeness (QED) is 0.883. The second-order valence-electron chi connectivity index (χ2n) is 4.99. The minimum absolute atomic E-state index is 0.407. The molecule has 0 radical (unpaired) electrons. The van der Waals surface area contributed by atoms with Crippen molar-refractivity contribution in [2.75, 3.05) is 19.4 Å². The average molecular weight is 265 g/mol. The highest BCUT2D eigenvalue weighted by Gasteiger charge is 2.25. The predicted octanol–water partition coefficient (Wildman–Crippen LogP) is 3.17. The van der Waals surface area contributed by atoms with Crippen LogP contribution in [0.2, 0.25) is 0 Å². The molecular formula is C15H23NOS. The van der Waals surface area contributed by atoms with Crippen molar-refractivity contribution in [2.45, 2.75) is 37.7 Å². The van der Waals surface area contributed by atoms with Crippen LogP contribution >= 0.6 is 11.8 Å². The Morgan fingerprint density at radius 3 is 2.94 bits per heavy atom. The van der Waals surface area contributed by atoms with Crippen LogP contribution in [0.25, 0.3) is 0 Å². The second kappa shape index (κ2) is 6.60. The maximum atomic E-state index is 5.61. The highest BCUT2D eigenvalue weighted by atomic mass is 32.2. The topological polar surface area (TPSA) is 21.3 Å². The van der Waals surface area contributed by atoms with E-state index >= 15 is 0 Å². The SMILES string of the molecule is CNC(CSC1CCOC1C)c1cccc(C)c1. The van der Waals surface area contributed by atoms with Gasteiger partial charge in [0.2, 0.25) is 0 Å². The number of hydrogen-bond donors (Lipinski definition) is 1. The molecule has 1 heterocycles. The van der Waals surface area contributed by atoms with Gasteiger partial charge in [0.05, 0.1) is 6.10 Å². The lowest BCUT2D eigenvalue weighted by atomic mass is 10.1. The van der Waals surface area contributed by atoms with Crippen LogP contribution in [0.15, 0.2) is 24.3 Å². The Morgan fingerprint density at radius 1 is 1.50 bits per heavy atom. The fraction of sp³-hybridized carbons (Fsp3) is 0.600. The highest BCUT2D eigenvalue weighted by Crippen LogP contribution is 2.29. The summed E-state index contributed by atoms with van der Waals surface area (Å²) in [4.78, 5) is 0. The largest absolute Gasteiger partial charge is 0.377 e. The van der Waals surface area contributed by atoms with Gasteiger partial charge >= 0.3 is 0 Å². The third-order valence-corrected chi connectivity index (χ3v) is 5.15. The first-order valence-electron chi connectivity index (χ1n) is 6.67. The Bertz CT molecular complexity index is 383. The van der Waals surface area contributed by atoms with Crippen LogP contribution in [0.1, 0.15) is 30.5 Å². The molecule has 0 spiro atoms. The predicted molar refractivity (Wildman–Crippen MR) is 79.3 cm³/mol. The molecular weight excluding hydrogens is 242 g/mol. The van der Waals surface area contributed by atoms with E-state index in [1.54, 1.807) is 0 Å². The summed E-state index contributed by atoms with van der Waals surface area (Å²) in [5.74, 6) is 1.11. The molecule has 3 unspecified atom stereocenters. The smallest absolute Gasteiger partial charge is 0.0666 e. The summed E-state index contributed by atoms with van der Waals surface area (Å²) in [6, 6.07) is 9.21. The zero-order valence-electron chi connectivity index (χ0n) is 11.5. The number of benzene rings is 1.